The third-order valence-electron chi connectivity index (χ3n) is 4.04. The summed E-state index contributed by atoms with van der Waals surface area (Å²) in [5.41, 5.74) is 1.08. The molecule has 0 atom stereocenters. The van der Waals surface area contributed by atoms with E-state index in [9.17, 15) is 9.90 Å². The fourth-order valence-corrected chi connectivity index (χ4v) is 2.76. The summed E-state index contributed by atoms with van der Waals surface area (Å²) < 4.78 is 0. The van der Waals surface area contributed by atoms with E-state index in [1.807, 2.05) is 0 Å². The summed E-state index contributed by atoms with van der Waals surface area (Å²) in [5, 5.41) is 18.5. The van der Waals surface area contributed by atoms with Crippen molar-refractivity contribution in [1.29, 1.82) is 0 Å². The van der Waals surface area contributed by atoms with Gasteiger partial charge in [-0.15, -0.1) is 0 Å². The van der Waals surface area contributed by atoms with Gasteiger partial charge in [0.2, 0.25) is 0 Å². The topological polar surface area (TPSA) is 57.5 Å². The van der Waals surface area contributed by atoms with E-state index in [0.717, 1.165) is 18.4 Å². The molecule has 1 rings (SSSR count). The van der Waals surface area contributed by atoms with Crippen LogP contribution in [-0.2, 0) is 6.42 Å². The third kappa shape index (κ3) is 8.06. The van der Waals surface area contributed by atoms with E-state index in [1.54, 1.807) is 12.1 Å². The van der Waals surface area contributed by atoms with Crippen molar-refractivity contribution in [2.75, 3.05) is 0 Å². The van der Waals surface area contributed by atoms with E-state index in [2.05, 4.69) is 6.92 Å². The molecule has 124 valence electrons. The van der Waals surface area contributed by atoms with Gasteiger partial charge in [0.25, 0.3) is 0 Å². The monoisotopic (exact) mass is 306 g/mol. The zero-order valence-corrected chi connectivity index (χ0v) is 13.8. The van der Waals surface area contributed by atoms with Gasteiger partial charge in [0.1, 0.15) is 5.75 Å². The van der Waals surface area contributed by atoms with Crippen molar-refractivity contribution in [2.24, 2.45) is 0 Å². The van der Waals surface area contributed by atoms with Gasteiger partial charge in [-0.25, -0.2) is 4.79 Å². The van der Waals surface area contributed by atoms with E-state index < -0.39 is 5.97 Å². The molecule has 0 saturated heterocycles. The average Bonchev–Trinajstić information content (AvgIpc) is 2.48. The summed E-state index contributed by atoms with van der Waals surface area (Å²) in [6.45, 7) is 2.24. The number of carboxylic acid groups (broad SMARTS) is 1. The molecule has 0 aliphatic carbocycles. The minimum absolute atomic E-state index is 0.0435. The standard InChI is InChI=1S/C19H30O3/c1-2-3-4-5-6-7-8-9-10-11-12-16-13-17(19(21)22)15-18(20)14-16/h13-15,20H,2-12H2,1H3,(H,21,22). The highest BCUT2D eigenvalue weighted by molar-refractivity contribution is 5.88. The van der Waals surface area contributed by atoms with Crippen molar-refractivity contribution in [1.82, 2.24) is 0 Å². The summed E-state index contributed by atoms with van der Waals surface area (Å²) in [4.78, 5) is 10.9. The van der Waals surface area contributed by atoms with E-state index in [1.165, 1.54) is 63.9 Å². The predicted octanol–water partition coefficient (Wildman–Crippen LogP) is 5.55. The number of aromatic carboxylic acids is 1. The first-order valence-corrected chi connectivity index (χ1v) is 8.69. The number of rotatable bonds is 12. The number of carbonyl (C=O) groups is 1. The second kappa shape index (κ2) is 11.1. The molecule has 0 saturated carbocycles. The number of unbranched alkanes of at least 4 members (excludes halogenated alkanes) is 9. The number of phenols is 1. The van der Waals surface area contributed by atoms with Crippen molar-refractivity contribution in [3.05, 3.63) is 29.3 Å². The van der Waals surface area contributed by atoms with Gasteiger partial charge >= 0.3 is 5.97 Å². The lowest BCUT2D eigenvalue weighted by Gasteiger charge is -2.05. The minimum Gasteiger partial charge on any atom is -0.508 e. The molecular weight excluding hydrogens is 276 g/mol. The Hall–Kier alpha value is -1.51. The normalized spacial score (nSPS) is 10.8. The second-order valence-corrected chi connectivity index (χ2v) is 6.13. The second-order valence-electron chi connectivity index (χ2n) is 6.13. The van der Waals surface area contributed by atoms with Gasteiger partial charge in [0.15, 0.2) is 0 Å². The lowest BCUT2D eigenvalue weighted by molar-refractivity contribution is 0.0696. The molecule has 22 heavy (non-hydrogen) atoms. The van der Waals surface area contributed by atoms with Crippen molar-refractivity contribution in [2.45, 2.75) is 77.6 Å². The Morgan fingerprint density at radius 1 is 0.864 bits per heavy atom. The summed E-state index contributed by atoms with van der Waals surface area (Å²) in [5.74, 6) is -0.942. The number of carboxylic acids is 1. The van der Waals surface area contributed by atoms with Gasteiger partial charge in [0, 0.05) is 0 Å². The fourth-order valence-electron chi connectivity index (χ4n) is 2.76. The van der Waals surface area contributed by atoms with Crippen LogP contribution < -0.4 is 0 Å². The molecule has 0 spiro atoms. The lowest BCUT2D eigenvalue weighted by Crippen LogP contribution is -1.97. The van der Waals surface area contributed by atoms with Crippen LogP contribution in [-0.4, -0.2) is 16.2 Å². The van der Waals surface area contributed by atoms with Crippen molar-refractivity contribution < 1.29 is 15.0 Å². The molecule has 3 heteroatoms. The van der Waals surface area contributed by atoms with Crippen LogP contribution in [0.2, 0.25) is 0 Å². The maximum absolute atomic E-state index is 10.9. The van der Waals surface area contributed by atoms with Crippen molar-refractivity contribution in [3.63, 3.8) is 0 Å². The van der Waals surface area contributed by atoms with Crippen LogP contribution in [0, 0.1) is 0 Å². The molecule has 0 aliphatic heterocycles. The first-order chi connectivity index (χ1) is 10.6. The maximum Gasteiger partial charge on any atom is 0.335 e. The van der Waals surface area contributed by atoms with Gasteiger partial charge in [-0.2, -0.15) is 0 Å². The Morgan fingerprint density at radius 2 is 1.41 bits per heavy atom. The molecule has 1 aromatic carbocycles. The summed E-state index contributed by atoms with van der Waals surface area (Å²) in [7, 11) is 0. The van der Waals surface area contributed by atoms with Gasteiger partial charge in [-0.05, 0) is 36.6 Å². The summed E-state index contributed by atoms with van der Waals surface area (Å²) in [6.07, 6.45) is 13.7. The van der Waals surface area contributed by atoms with Gasteiger partial charge in [0.05, 0.1) is 5.56 Å². The smallest absolute Gasteiger partial charge is 0.335 e. The molecule has 1 aromatic rings. The molecule has 0 aromatic heterocycles. The Morgan fingerprint density at radius 3 is 1.95 bits per heavy atom. The van der Waals surface area contributed by atoms with Crippen LogP contribution in [0.1, 0.15) is 87.1 Å². The SMILES string of the molecule is CCCCCCCCCCCCc1cc(O)cc(C(=O)O)c1. The first kappa shape index (κ1) is 18.5. The van der Waals surface area contributed by atoms with Crippen LogP contribution >= 0.6 is 0 Å². The molecule has 0 radical (unpaired) electrons. The highest BCUT2D eigenvalue weighted by Crippen LogP contribution is 2.18. The van der Waals surface area contributed by atoms with Crippen molar-refractivity contribution >= 4 is 5.97 Å². The third-order valence-corrected chi connectivity index (χ3v) is 4.04. The quantitative estimate of drug-likeness (QED) is 0.497. The Balaban J connectivity index is 2.11. The molecule has 0 unspecified atom stereocenters. The van der Waals surface area contributed by atoms with Crippen LogP contribution in [0.4, 0.5) is 0 Å². The molecule has 0 heterocycles. The van der Waals surface area contributed by atoms with Crippen LogP contribution in [0.5, 0.6) is 5.75 Å². The van der Waals surface area contributed by atoms with Crippen LogP contribution in [0.15, 0.2) is 18.2 Å². The lowest BCUT2D eigenvalue weighted by atomic mass is 10.0. The van der Waals surface area contributed by atoms with E-state index in [0.29, 0.717) is 0 Å². The number of benzene rings is 1. The van der Waals surface area contributed by atoms with Crippen LogP contribution in [0.3, 0.4) is 0 Å². The van der Waals surface area contributed by atoms with E-state index in [-0.39, 0.29) is 11.3 Å². The van der Waals surface area contributed by atoms with Crippen LogP contribution in [0.25, 0.3) is 0 Å². The molecule has 0 amide bonds. The predicted molar refractivity (Wildman–Crippen MR) is 90.6 cm³/mol. The van der Waals surface area contributed by atoms with E-state index in [4.69, 9.17) is 5.11 Å². The summed E-state index contributed by atoms with van der Waals surface area (Å²) in [6, 6.07) is 4.63. The number of hydrogen-bond acceptors (Lipinski definition) is 2. The van der Waals surface area contributed by atoms with Gasteiger partial charge < -0.3 is 10.2 Å². The Bertz CT molecular complexity index is 440. The summed E-state index contributed by atoms with van der Waals surface area (Å²) >= 11 is 0. The number of aryl methyl sites for hydroxylation is 1. The van der Waals surface area contributed by atoms with Gasteiger partial charge in [-0.1, -0.05) is 64.7 Å². The average molecular weight is 306 g/mol. The van der Waals surface area contributed by atoms with Gasteiger partial charge in [-0.3, -0.25) is 0 Å². The van der Waals surface area contributed by atoms with Crippen molar-refractivity contribution in [3.8, 4) is 5.75 Å². The zero-order valence-electron chi connectivity index (χ0n) is 13.8. The molecule has 3 nitrogen and oxygen atoms in total. The number of aromatic hydroxyl groups is 1. The number of phenolic OH excluding ortho intramolecular Hbond substituents is 1. The van der Waals surface area contributed by atoms with E-state index >= 15 is 0 Å². The molecular formula is C19H30O3. The first-order valence-electron chi connectivity index (χ1n) is 8.69. The fraction of sp³-hybridized carbons (Fsp3) is 0.632. The Kier molecular flexibility index (Phi) is 9.36. The molecule has 2 N–H and O–H groups in total. The highest BCUT2D eigenvalue weighted by Gasteiger charge is 2.06. The molecule has 0 aliphatic rings. The molecule has 0 fully saturated rings. The number of hydrogen-bond donors (Lipinski definition) is 2. The minimum atomic E-state index is -0.986. The largest absolute Gasteiger partial charge is 0.508 e. The Labute approximate surface area is 134 Å². The maximum atomic E-state index is 10.9. The highest BCUT2D eigenvalue weighted by atomic mass is 16.4. The zero-order chi connectivity index (χ0) is 16.2. The molecule has 0 bridgehead atoms.